The van der Waals surface area contributed by atoms with Crippen LogP contribution in [-0.2, 0) is 17.8 Å². The Morgan fingerprint density at radius 2 is 1.86 bits per heavy atom. The van der Waals surface area contributed by atoms with E-state index in [1.165, 1.54) is 43.6 Å². The Hall–Kier alpha value is -0.900. The molecule has 0 spiro atoms. The molecule has 2 heterocycles. The lowest BCUT2D eigenvalue weighted by atomic mass is 10.1. The van der Waals surface area contributed by atoms with E-state index in [1.807, 2.05) is 7.05 Å². The molecule has 6 nitrogen and oxygen atoms in total. The van der Waals surface area contributed by atoms with Crippen LogP contribution in [0.15, 0.2) is 29.3 Å². The number of benzene rings is 1. The molecule has 2 saturated heterocycles. The predicted octanol–water partition coefficient (Wildman–Crippen LogP) is 2.29. The molecule has 2 N–H and O–H groups in total. The lowest BCUT2D eigenvalue weighted by Gasteiger charge is -2.20. The normalized spacial score (nSPS) is 21.8. The third-order valence-electron chi connectivity index (χ3n) is 5.45. The van der Waals surface area contributed by atoms with E-state index in [2.05, 4.69) is 56.7 Å². The number of aliphatic imine (C=N–C) groups is 1. The molecule has 0 aromatic heterocycles. The van der Waals surface area contributed by atoms with Gasteiger partial charge in [-0.05, 0) is 50.5 Å². The molecule has 0 radical (unpaired) electrons. The molecule has 158 valence electrons. The summed E-state index contributed by atoms with van der Waals surface area (Å²) in [5.74, 6) is 0.836. The minimum absolute atomic E-state index is 0. The van der Waals surface area contributed by atoms with Crippen LogP contribution in [0.2, 0.25) is 0 Å². The molecule has 2 aliphatic rings. The van der Waals surface area contributed by atoms with Crippen molar-refractivity contribution in [2.75, 3.05) is 53.4 Å². The number of nitrogens with zero attached hydrogens (tertiary/aromatic N) is 3. The second-order valence-electron chi connectivity index (χ2n) is 7.69. The van der Waals surface area contributed by atoms with Crippen molar-refractivity contribution in [1.82, 2.24) is 20.4 Å². The zero-order chi connectivity index (χ0) is 18.9. The van der Waals surface area contributed by atoms with Crippen molar-refractivity contribution in [2.45, 2.75) is 38.5 Å². The number of halogens is 1. The van der Waals surface area contributed by atoms with E-state index in [0.717, 1.165) is 45.2 Å². The molecule has 1 atom stereocenters. The van der Waals surface area contributed by atoms with Crippen molar-refractivity contribution in [1.29, 1.82) is 0 Å². The van der Waals surface area contributed by atoms with Gasteiger partial charge in [-0.25, -0.2) is 0 Å². The Morgan fingerprint density at radius 1 is 1.07 bits per heavy atom. The minimum atomic E-state index is 0. The third-order valence-corrected chi connectivity index (χ3v) is 5.45. The summed E-state index contributed by atoms with van der Waals surface area (Å²) in [4.78, 5) is 9.29. The summed E-state index contributed by atoms with van der Waals surface area (Å²) in [7, 11) is 4.03. The van der Waals surface area contributed by atoms with Crippen molar-refractivity contribution in [3.05, 3.63) is 35.4 Å². The van der Waals surface area contributed by atoms with E-state index in [4.69, 9.17) is 4.74 Å². The van der Waals surface area contributed by atoms with Crippen LogP contribution < -0.4 is 10.6 Å². The molecule has 0 bridgehead atoms. The van der Waals surface area contributed by atoms with Gasteiger partial charge in [0, 0.05) is 46.4 Å². The molecule has 1 aromatic rings. The van der Waals surface area contributed by atoms with E-state index in [0.29, 0.717) is 6.10 Å². The highest BCUT2D eigenvalue weighted by molar-refractivity contribution is 14.0. The molecule has 2 fully saturated rings. The first kappa shape index (κ1) is 23.4. The smallest absolute Gasteiger partial charge is 0.191 e. The van der Waals surface area contributed by atoms with Crippen LogP contribution in [0.3, 0.4) is 0 Å². The van der Waals surface area contributed by atoms with Crippen molar-refractivity contribution in [3.63, 3.8) is 0 Å². The van der Waals surface area contributed by atoms with Gasteiger partial charge in [0.25, 0.3) is 0 Å². The second-order valence-corrected chi connectivity index (χ2v) is 7.69. The average molecular weight is 501 g/mol. The lowest BCUT2D eigenvalue weighted by molar-refractivity contribution is 0.114. The monoisotopic (exact) mass is 501 g/mol. The van der Waals surface area contributed by atoms with Gasteiger partial charge in [-0.3, -0.25) is 9.89 Å². The summed E-state index contributed by atoms with van der Waals surface area (Å²) in [5, 5.41) is 6.75. The van der Waals surface area contributed by atoms with Crippen LogP contribution in [0.4, 0.5) is 0 Å². The van der Waals surface area contributed by atoms with E-state index in [1.54, 1.807) is 0 Å². The second kappa shape index (κ2) is 12.6. The average Bonchev–Trinajstić information content (AvgIpc) is 3.12. The fourth-order valence-corrected chi connectivity index (χ4v) is 3.70. The van der Waals surface area contributed by atoms with Crippen LogP contribution in [0.25, 0.3) is 0 Å². The highest BCUT2D eigenvalue weighted by Crippen LogP contribution is 2.11. The maximum atomic E-state index is 5.65. The zero-order valence-corrected chi connectivity index (χ0v) is 19.7. The Balaban J connectivity index is 0.00000280. The largest absolute Gasteiger partial charge is 0.376 e. The molecule has 2 aliphatic heterocycles. The molecule has 3 rings (SSSR count). The number of guanidine groups is 1. The number of ether oxygens (including phenoxy) is 1. The van der Waals surface area contributed by atoms with Crippen LogP contribution in [-0.4, -0.2) is 75.3 Å². The summed E-state index contributed by atoms with van der Waals surface area (Å²) in [5.41, 5.74) is 2.67. The molecule has 1 unspecified atom stereocenters. The highest BCUT2D eigenvalue weighted by Gasteiger charge is 2.15. The molecule has 0 amide bonds. The maximum absolute atomic E-state index is 5.65. The number of hydrogen-bond acceptors (Lipinski definition) is 4. The molecular formula is C21H36IN5O. The van der Waals surface area contributed by atoms with Gasteiger partial charge in [0.15, 0.2) is 5.96 Å². The fourth-order valence-electron chi connectivity index (χ4n) is 3.70. The van der Waals surface area contributed by atoms with Gasteiger partial charge in [-0.2, -0.15) is 0 Å². The topological polar surface area (TPSA) is 52.1 Å². The highest BCUT2D eigenvalue weighted by atomic mass is 127. The molecule has 0 saturated carbocycles. The summed E-state index contributed by atoms with van der Waals surface area (Å²) >= 11 is 0. The van der Waals surface area contributed by atoms with Crippen LogP contribution in [0.1, 0.15) is 30.4 Å². The molecular weight excluding hydrogens is 465 g/mol. The third kappa shape index (κ3) is 7.85. The number of rotatable bonds is 6. The number of hydrogen-bond donors (Lipinski definition) is 2. The quantitative estimate of drug-likeness (QED) is 0.356. The Bertz CT molecular complexity index is 589. The van der Waals surface area contributed by atoms with E-state index in [9.17, 15) is 0 Å². The number of nitrogens with one attached hydrogen (secondary N) is 2. The first-order valence-electron chi connectivity index (χ1n) is 10.3. The van der Waals surface area contributed by atoms with Gasteiger partial charge in [0.1, 0.15) is 0 Å². The van der Waals surface area contributed by atoms with Crippen molar-refractivity contribution >= 4 is 29.9 Å². The Morgan fingerprint density at radius 3 is 2.57 bits per heavy atom. The predicted molar refractivity (Wildman–Crippen MR) is 126 cm³/mol. The van der Waals surface area contributed by atoms with Crippen molar-refractivity contribution in [3.8, 4) is 0 Å². The maximum Gasteiger partial charge on any atom is 0.191 e. The Kier molecular flexibility index (Phi) is 10.5. The summed E-state index contributed by atoms with van der Waals surface area (Å²) in [6.45, 7) is 8.27. The minimum Gasteiger partial charge on any atom is -0.376 e. The van der Waals surface area contributed by atoms with Gasteiger partial charge in [0.2, 0.25) is 0 Å². The zero-order valence-electron chi connectivity index (χ0n) is 17.3. The number of likely N-dealkylation sites (N-methyl/N-ethyl adjacent to an activating group) is 1. The summed E-state index contributed by atoms with van der Waals surface area (Å²) < 4.78 is 5.65. The standard InChI is InChI=1S/C21H35N5O.HI/c1-22-21(24-16-20-5-3-14-27-20)23-15-18-6-8-19(9-7-18)17-26-11-4-10-25(2)12-13-26;/h6-9,20H,3-5,10-17H2,1-2H3,(H2,22,23,24);1H. The van der Waals surface area contributed by atoms with Crippen LogP contribution >= 0.6 is 24.0 Å². The molecule has 0 aliphatic carbocycles. The van der Waals surface area contributed by atoms with Gasteiger partial charge in [0.05, 0.1) is 6.10 Å². The lowest BCUT2D eigenvalue weighted by Crippen LogP contribution is -2.40. The van der Waals surface area contributed by atoms with Crippen LogP contribution in [0.5, 0.6) is 0 Å². The van der Waals surface area contributed by atoms with Gasteiger partial charge >= 0.3 is 0 Å². The molecule has 1 aromatic carbocycles. The van der Waals surface area contributed by atoms with E-state index < -0.39 is 0 Å². The van der Waals surface area contributed by atoms with Gasteiger partial charge in [-0.1, -0.05) is 24.3 Å². The van der Waals surface area contributed by atoms with Gasteiger partial charge < -0.3 is 20.3 Å². The van der Waals surface area contributed by atoms with Crippen LogP contribution in [0, 0.1) is 0 Å². The summed E-state index contributed by atoms with van der Waals surface area (Å²) in [6.07, 6.45) is 3.88. The first-order chi connectivity index (χ1) is 13.2. The molecule has 28 heavy (non-hydrogen) atoms. The van der Waals surface area contributed by atoms with E-state index in [-0.39, 0.29) is 24.0 Å². The SMILES string of the molecule is CN=C(NCc1ccc(CN2CCCN(C)CC2)cc1)NCC1CCCO1.I. The van der Waals surface area contributed by atoms with Crippen molar-refractivity contribution < 1.29 is 4.74 Å². The van der Waals surface area contributed by atoms with E-state index >= 15 is 0 Å². The fraction of sp³-hybridized carbons (Fsp3) is 0.667. The first-order valence-corrected chi connectivity index (χ1v) is 10.3. The van der Waals surface area contributed by atoms with Gasteiger partial charge in [-0.15, -0.1) is 24.0 Å². The Labute approximate surface area is 187 Å². The van der Waals surface area contributed by atoms with Crippen molar-refractivity contribution in [2.24, 2.45) is 4.99 Å². The summed E-state index contributed by atoms with van der Waals surface area (Å²) in [6, 6.07) is 8.96. The molecule has 7 heteroatoms.